The molecule has 0 aliphatic rings. The molecule has 0 bridgehead atoms. The molecule has 0 unspecified atom stereocenters. The lowest BCUT2D eigenvalue weighted by Gasteiger charge is -1.99. The molecule has 3 aromatic carbocycles. The van der Waals surface area contributed by atoms with E-state index in [1.165, 1.54) is 19.4 Å². The maximum absolute atomic E-state index is 11.1. The molecule has 31 nitrogen and oxygen atoms in total. The number of benzene rings is 3. The number of ether oxygens (including phenoxy) is 1. The standard InChI is InChI=1S/2C12H13NO.C11H12N2OS.C11H12N2O.2C10H11N3S.C9H13NO3.2C8H11NO2.2C8H13NO.C8H12O/c1-9(2)12-13-11(8-14-12)10-6-4-3-5-7-10;1-9(2)12-8-11(13-14-12)10-6-4-3-5-7-10;1-7(2)10-12-13-11(15-10)8-4-3-5-9(14)6-8;1-8(2)11-7-10(13-14-11)9-5-3-4-6-12-9;1-7(2)9-12-13-10(14-9)8-4-3-5-11-6-8;1-7(2)9-12-13-10(14-9)8-5-3-4-6-11-8;1-4-12-9(11)7-5-8(6(2)3)13-10-7;2*1-5(2)8-4-7(6(3)10)9-11-8;2*1-4-7-5-8(6(2)3)10-9-7;1-6(2)8-7(3)4-5-9-8/h2*3-9H,1-2H3;3-7,14H,1-2H3;3-8H,1-2H3;2*3-7H,1-2H3;5-6H,4H2,1-3H3;2*4-5H,1-3H3;2*5-6H,4H2,1-3H3;4-6H,1-3H3. The summed E-state index contributed by atoms with van der Waals surface area (Å²) < 4.78 is 50.7. The number of ketones is 2. The molecule has 34 heteroatoms. The zero-order valence-electron chi connectivity index (χ0n) is 91.4. The number of rotatable bonds is 24. The zero-order valence-corrected chi connectivity index (χ0v) is 93.9. The van der Waals surface area contributed by atoms with Gasteiger partial charge < -0.3 is 50.3 Å². The van der Waals surface area contributed by atoms with Crippen molar-refractivity contribution in [3.05, 3.63) is 320 Å². The van der Waals surface area contributed by atoms with E-state index < -0.39 is 5.97 Å². The predicted octanol–water partition coefficient (Wildman–Crippen LogP) is 31.7. The Balaban J connectivity index is 0.000000221. The Morgan fingerprint density at radius 1 is 0.336 bits per heavy atom. The van der Waals surface area contributed by atoms with Gasteiger partial charge in [-0.05, 0) is 86.8 Å². The van der Waals surface area contributed by atoms with E-state index in [-0.39, 0.29) is 40.8 Å². The number of pyridine rings is 3. The molecule has 0 fully saturated rings. The van der Waals surface area contributed by atoms with Gasteiger partial charge in [-0.2, -0.15) is 0 Å². The van der Waals surface area contributed by atoms with Crippen LogP contribution in [0.1, 0.15) is 387 Å². The van der Waals surface area contributed by atoms with Crippen molar-refractivity contribution in [3.8, 4) is 71.5 Å². The van der Waals surface area contributed by atoms with E-state index in [9.17, 15) is 19.5 Å². The Kier molecular flexibility index (Phi) is 51.4. The molecular formula is C115H145N17O14S3. The summed E-state index contributed by atoms with van der Waals surface area (Å²) in [6, 6.07) is 57.6. The van der Waals surface area contributed by atoms with Crippen molar-refractivity contribution in [2.24, 2.45) is 0 Å². The molecule has 0 saturated carbocycles. The third kappa shape index (κ3) is 41.5. The monoisotopic (exact) mass is 2080 g/mol. The SMILES string of the molecule is CC(=O)c1cc(C(C)C)on1.CC(=O)c1cc(C(C)C)on1.CC(C)c1cc(-c2ccccc2)no1.CC(C)c1cc(-c2ccccn2)no1.CC(C)c1nc(-c2ccccc2)co1.CC(C)c1nnc(-c2cccc(O)c2)s1.CC(C)c1nnc(-c2ccccn2)s1.CC(C)c1nnc(-c2cccnc2)s1.CCOC(=O)c1cc(C(C)C)on1.CCc1cc(C(C)C)on1.CCc1cc(C(C)C)on1.Cc1ccoc1C(C)C. The summed E-state index contributed by atoms with van der Waals surface area (Å²) in [7, 11) is 0. The number of aromatic nitrogens is 17. The normalized spacial score (nSPS) is 10.7. The second-order valence-corrected chi connectivity index (χ2v) is 40.8. The molecule has 149 heavy (non-hydrogen) atoms. The fourth-order valence-corrected chi connectivity index (χ4v) is 14.5. The number of aryl methyl sites for hydroxylation is 3. The van der Waals surface area contributed by atoms with Gasteiger partial charge in [-0.15, -0.1) is 30.6 Å². The molecular weight excluding hydrogens is 1940 g/mol. The van der Waals surface area contributed by atoms with Crippen LogP contribution in [-0.2, 0) is 17.6 Å². The van der Waals surface area contributed by atoms with Crippen LogP contribution < -0.4 is 0 Å². The van der Waals surface area contributed by atoms with Gasteiger partial charge in [0.25, 0.3) is 0 Å². The number of nitrogens with zero attached hydrogens (tertiary/aromatic N) is 17. The molecule has 18 rings (SSSR count). The van der Waals surface area contributed by atoms with Crippen molar-refractivity contribution < 1.29 is 64.7 Å². The largest absolute Gasteiger partial charge is 0.508 e. The fourth-order valence-electron chi connectivity index (χ4n) is 12.0. The van der Waals surface area contributed by atoms with Crippen molar-refractivity contribution in [2.75, 3.05) is 6.61 Å². The lowest BCUT2D eigenvalue weighted by molar-refractivity contribution is 0.0514. The first-order valence-electron chi connectivity index (χ1n) is 50.1. The minimum absolute atomic E-state index is 0.0550. The number of phenols is 1. The van der Waals surface area contributed by atoms with E-state index >= 15 is 0 Å². The first kappa shape index (κ1) is 121. The number of Topliss-reactive ketones (excluding diaryl/α,β-unsaturated/α-hetero) is 2. The second-order valence-electron chi connectivity index (χ2n) is 37.7. The van der Waals surface area contributed by atoms with Gasteiger partial charge in [0.2, 0.25) is 0 Å². The van der Waals surface area contributed by atoms with Gasteiger partial charge in [0.05, 0.1) is 30.0 Å². The quantitative estimate of drug-likeness (QED) is 0.0433. The Hall–Kier alpha value is -14.6. The Labute approximate surface area is 887 Å². The summed E-state index contributed by atoms with van der Waals surface area (Å²) >= 11 is 4.81. The number of carbonyl (C=O) groups excluding carboxylic acids is 3. The Morgan fingerprint density at radius 2 is 0.725 bits per heavy atom. The van der Waals surface area contributed by atoms with E-state index in [1.807, 2.05) is 193 Å². The number of hydrogen-bond acceptors (Lipinski definition) is 34. The number of phenolic OH excluding ortho intramolecular Hbond substituents is 1. The minimum Gasteiger partial charge on any atom is -0.508 e. The lowest BCUT2D eigenvalue weighted by atomic mass is 10.1. The van der Waals surface area contributed by atoms with Crippen LogP contribution in [0.2, 0.25) is 0 Å². The van der Waals surface area contributed by atoms with Crippen LogP contribution in [0.5, 0.6) is 5.75 Å². The van der Waals surface area contributed by atoms with E-state index in [1.54, 1.807) is 108 Å². The van der Waals surface area contributed by atoms with Gasteiger partial charge >= 0.3 is 5.97 Å². The van der Waals surface area contributed by atoms with Crippen molar-refractivity contribution in [1.82, 2.24) is 86.6 Å². The molecule has 0 atom stereocenters. The predicted molar refractivity (Wildman–Crippen MR) is 587 cm³/mol. The summed E-state index contributed by atoms with van der Waals surface area (Å²) in [6.45, 7) is 60.9. The molecule has 0 aliphatic heterocycles. The van der Waals surface area contributed by atoms with Gasteiger partial charge in [-0.1, -0.05) is 335 Å². The smallest absolute Gasteiger partial charge is 0.360 e. The molecule has 0 saturated heterocycles. The Bertz CT molecular complexity index is 6200. The number of carbonyl (C=O) groups is 3. The molecule has 0 aliphatic carbocycles. The van der Waals surface area contributed by atoms with Crippen LogP contribution in [0.25, 0.3) is 65.7 Å². The van der Waals surface area contributed by atoms with Crippen LogP contribution >= 0.6 is 34.0 Å². The molecule has 18 aromatic rings. The highest BCUT2D eigenvalue weighted by atomic mass is 32.1. The van der Waals surface area contributed by atoms with Crippen molar-refractivity contribution >= 4 is 51.5 Å². The average molecular weight is 2090 g/mol. The number of aromatic hydroxyl groups is 1. The van der Waals surface area contributed by atoms with Crippen LogP contribution in [0.3, 0.4) is 0 Å². The van der Waals surface area contributed by atoms with Crippen LogP contribution in [0, 0.1) is 6.92 Å². The second kappa shape index (κ2) is 63.1. The van der Waals surface area contributed by atoms with E-state index in [0.29, 0.717) is 77.0 Å². The summed E-state index contributed by atoms with van der Waals surface area (Å²) in [4.78, 5) is 49.5. The number of esters is 1. The molecule has 15 aromatic heterocycles. The van der Waals surface area contributed by atoms with Gasteiger partial charge in [-0.3, -0.25) is 24.5 Å². The highest BCUT2D eigenvalue weighted by Crippen LogP contribution is 2.33. The molecule has 0 spiro atoms. The van der Waals surface area contributed by atoms with Crippen molar-refractivity contribution in [3.63, 3.8) is 0 Å². The first-order chi connectivity index (χ1) is 71.1. The summed E-state index contributed by atoms with van der Waals surface area (Å²) in [5, 5.41) is 66.5. The molecule has 0 radical (unpaired) electrons. The third-order valence-corrected chi connectivity index (χ3v) is 24.7. The van der Waals surface area contributed by atoms with Gasteiger partial charge in [0.15, 0.2) is 28.2 Å². The van der Waals surface area contributed by atoms with E-state index in [0.717, 1.165) is 151 Å². The highest BCUT2D eigenvalue weighted by molar-refractivity contribution is 7.15. The first-order valence-corrected chi connectivity index (χ1v) is 52.6. The molecule has 15 heterocycles. The Morgan fingerprint density at radius 3 is 1.07 bits per heavy atom. The van der Waals surface area contributed by atoms with E-state index in [4.69, 9.17) is 45.2 Å². The maximum Gasteiger partial charge on any atom is 0.360 e. The minimum atomic E-state index is -0.432. The zero-order chi connectivity index (χ0) is 109. The molecule has 0 amide bonds. The average Bonchev–Trinajstić information content (AvgIpc) is 1.73. The highest BCUT2D eigenvalue weighted by Gasteiger charge is 2.20. The van der Waals surface area contributed by atoms with Crippen LogP contribution in [-0.4, -0.2) is 116 Å². The van der Waals surface area contributed by atoms with Gasteiger partial charge in [-0.25, -0.2) is 9.78 Å². The fraction of sp³-hybridized carbons (Fsp3) is 0.391. The van der Waals surface area contributed by atoms with E-state index in [2.05, 4.69) is 232 Å². The van der Waals surface area contributed by atoms with Gasteiger partial charge in [0, 0.05) is 174 Å². The summed E-state index contributed by atoms with van der Waals surface area (Å²) in [5.74, 6) is 12.2. The lowest BCUT2D eigenvalue weighted by Crippen LogP contribution is -2.04. The topological polar surface area (TPSA) is 418 Å². The van der Waals surface area contributed by atoms with Gasteiger partial charge in [0.1, 0.15) is 117 Å². The van der Waals surface area contributed by atoms with Crippen LogP contribution in [0.15, 0.2) is 260 Å². The number of oxazole rings is 1. The van der Waals surface area contributed by atoms with Crippen molar-refractivity contribution in [2.45, 2.75) is 292 Å². The summed E-state index contributed by atoms with van der Waals surface area (Å²) in [6.07, 6.45) is 12.4. The van der Waals surface area contributed by atoms with Crippen molar-refractivity contribution in [1.29, 1.82) is 0 Å². The maximum atomic E-state index is 11.1. The number of hydrogen-bond donors (Lipinski definition) is 1. The van der Waals surface area contributed by atoms with Crippen LogP contribution in [0.4, 0.5) is 0 Å². The third-order valence-electron chi connectivity index (χ3n) is 20.9. The summed E-state index contributed by atoms with van der Waals surface area (Å²) in [5.41, 5.74) is 12.9. The molecule has 1 N–H and O–H groups in total. The number of furan rings is 1. The molecule has 792 valence electrons.